The van der Waals surface area contributed by atoms with Crippen molar-refractivity contribution in [2.45, 2.75) is 13.2 Å². The van der Waals surface area contributed by atoms with Crippen LogP contribution in [0.2, 0.25) is 5.02 Å². The molecule has 4 aromatic rings. The molecule has 0 spiro atoms. The predicted octanol–water partition coefficient (Wildman–Crippen LogP) is 5.36. The number of aromatic nitrogens is 2. The van der Waals surface area contributed by atoms with E-state index in [9.17, 15) is 0 Å². The highest BCUT2D eigenvalue weighted by atomic mass is 35.5. The molecular weight excluding hydrogens is 388 g/mol. The number of ether oxygens (including phenoxy) is 3. The van der Waals surface area contributed by atoms with Gasteiger partial charge >= 0.3 is 0 Å². The van der Waals surface area contributed by atoms with Crippen LogP contribution in [0.25, 0.3) is 11.0 Å². The van der Waals surface area contributed by atoms with Crippen molar-refractivity contribution in [1.82, 2.24) is 9.55 Å². The number of hydrogen-bond acceptors (Lipinski definition) is 4. The maximum Gasteiger partial charge on any atom is 0.161 e. The molecule has 5 nitrogen and oxygen atoms in total. The Morgan fingerprint density at radius 3 is 2.38 bits per heavy atom. The van der Waals surface area contributed by atoms with E-state index in [0.717, 1.165) is 22.6 Å². The fourth-order valence-corrected chi connectivity index (χ4v) is 3.28. The molecule has 0 bridgehead atoms. The van der Waals surface area contributed by atoms with Crippen LogP contribution in [-0.2, 0) is 13.2 Å². The molecule has 4 rings (SSSR count). The summed E-state index contributed by atoms with van der Waals surface area (Å²) in [6.45, 7) is 1.48. The molecule has 29 heavy (non-hydrogen) atoms. The summed E-state index contributed by atoms with van der Waals surface area (Å²) in [7, 11) is 1.63. The van der Waals surface area contributed by atoms with Crippen molar-refractivity contribution >= 4 is 22.6 Å². The molecule has 0 amide bonds. The topological polar surface area (TPSA) is 45.5 Å². The van der Waals surface area contributed by atoms with Gasteiger partial charge in [0.15, 0.2) is 11.5 Å². The Morgan fingerprint density at radius 1 is 0.862 bits per heavy atom. The van der Waals surface area contributed by atoms with Crippen molar-refractivity contribution in [3.8, 4) is 17.2 Å². The van der Waals surface area contributed by atoms with E-state index < -0.39 is 0 Å². The average molecular weight is 409 g/mol. The van der Waals surface area contributed by atoms with Gasteiger partial charge in [-0.05, 0) is 48.5 Å². The number of methoxy groups -OCH3 is 1. The van der Waals surface area contributed by atoms with Crippen molar-refractivity contribution in [1.29, 1.82) is 0 Å². The molecule has 0 N–H and O–H groups in total. The number of imidazole rings is 1. The molecule has 0 atom stereocenters. The van der Waals surface area contributed by atoms with Crippen molar-refractivity contribution in [3.05, 3.63) is 83.6 Å². The number of rotatable bonds is 8. The van der Waals surface area contributed by atoms with Gasteiger partial charge in [0.25, 0.3) is 0 Å². The first-order chi connectivity index (χ1) is 14.2. The fraction of sp³-hybridized carbons (Fsp3) is 0.174. The second-order valence-corrected chi connectivity index (χ2v) is 6.85. The number of fused-ring (bicyclic) bond motifs is 1. The van der Waals surface area contributed by atoms with Gasteiger partial charge in [0.1, 0.15) is 24.8 Å². The van der Waals surface area contributed by atoms with Crippen LogP contribution in [0.15, 0.2) is 72.8 Å². The van der Waals surface area contributed by atoms with Gasteiger partial charge in [-0.25, -0.2) is 4.98 Å². The minimum absolute atomic E-state index is 0.329. The molecule has 6 heteroatoms. The first-order valence-electron chi connectivity index (χ1n) is 9.33. The van der Waals surface area contributed by atoms with Crippen molar-refractivity contribution in [2.75, 3.05) is 13.7 Å². The summed E-state index contributed by atoms with van der Waals surface area (Å²) < 4.78 is 19.4. The second-order valence-electron chi connectivity index (χ2n) is 6.41. The number of benzene rings is 3. The van der Waals surface area contributed by atoms with E-state index in [1.165, 1.54) is 0 Å². The smallest absolute Gasteiger partial charge is 0.161 e. The highest BCUT2D eigenvalue weighted by Crippen LogP contribution is 2.27. The molecule has 0 aliphatic carbocycles. The molecule has 0 radical (unpaired) electrons. The standard InChI is InChI=1S/C23H21ClN2O3/c1-27-21-8-4-5-9-22(21)29-16-23-25-19-6-2-3-7-20(19)26(23)14-15-28-18-12-10-17(24)11-13-18/h2-13H,14-16H2,1H3. The first kappa shape index (κ1) is 19.2. The lowest BCUT2D eigenvalue weighted by atomic mass is 10.3. The lowest BCUT2D eigenvalue weighted by Gasteiger charge is -2.13. The SMILES string of the molecule is COc1ccccc1OCc1nc2ccccc2n1CCOc1ccc(Cl)cc1. The third kappa shape index (κ3) is 4.46. The van der Waals surface area contributed by atoms with Gasteiger partial charge in [-0.3, -0.25) is 0 Å². The van der Waals surface area contributed by atoms with Crippen LogP contribution in [0.4, 0.5) is 0 Å². The molecule has 148 valence electrons. The van der Waals surface area contributed by atoms with E-state index >= 15 is 0 Å². The summed E-state index contributed by atoms with van der Waals surface area (Å²) in [5.74, 6) is 3.00. The second kappa shape index (κ2) is 8.88. The highest BCUT2D eigenvalue weighted by molar-refractivity contribution is 6.30. The lowest BCUT2D eigenvalue weighted by molar-refractivity contribution is 0.262. The number of para-hydroxylation sites is 4. The van der Waals surface area contributed by atoms with Crippen LogP contribution in [0.5, 0.6) is 17.2 Å². The number of hydrogen-bond donors (Lipinski definition) is 0. The maximum absolute atomic E-state index is 6.00. The zero-order valence-electron chi connectivity index (χ0n) is 16.0. The van der Waals surface area contributed by atoms with Crippen LogP contribution in [-0.4, -0.2) is 23.3 Å². The van der Waals surface area contributed by atoms with E-state index in [0.29, 0.717) is 36.3 Å². The minimum atomic E-state index is 0.329. The van der Waals surface area contributed by atoms with E-state index in [1.807, 2.05) is 66.7 Å². The van der Waals surface area contributed by atoms with Crippen LogP contribution >= 0.6 is 11.6 Å². The number of halogens is 1. The van der Waals surface area contributed by atoms with Crippen molar-refractivity contribution in [3.63, 3.8) is 0 Å². The maximum atomic E-state index is 6.00. The van der Waals surface area contributed by atoms with E-state index in [4.69, 9.17) is 30.8 Å². The van der Waals surface area contributed by atoms with Gasteiger partial charge < -0.3 is 18.8 Å². The van der Waals surface area contributed by atoms with E-state index in [1.54, 1.807) is 7.11 Å². The number of nitrogens with zero attached hydrogens (tertiary/aromatic N) is 2. The average Bonchev–Trinajstić information content (AvgIpc) is 3.11. The molecule has 3 aromatic carbocycles. The normalized spacial score (nSPS) is 10.8. The van der Waals surface area contributed by atoms with E-state index in [2.05, 4.69) is 10.6 Å². The molecule has 0 saturated carbocycles. The summed E-state index contributed by atoms with van der Waals surface area (Å²) in [6.07, 6.45) is 0. The van der Waals surface area contributed by atoms with Crippen LogP contribution in [0.3, 0.4) is 0 Å². The Hall–Kier alpha value is -3.18. The highest BCUT2D eigenvalue weighted by Gasteiger charge is 2.12. The molecule has 0 saturated heterocycles. The fourth-order valence-electron chi connectivity index (χ4n) is 3.15. The molecule has 0 aliphatic rings. The summed E-state index contributed by atoms with van der Waals surface area (Å²) in [4.78, 5) is 4.74. The predicted molar refractivity (Wildman–Crippen MR) is 114 cm³/mol. The Labute approximate surface area is 174 Å². The van der Waals surface area contributed by atoms with Gasteiger partial charge in [-0.2, -0.15) is 0 Å². The Morgan fingerprint density at radius 2 is 1.59 bits per heavy atom. The molecule has 1 aromatic heterocycles. The quantitative estimate of drug-likeness (QED) is 0.394. The van der Waals surface area contributed by atoms with Gasteiger partial charge in [-0.1, -0.05) is 35.9 Å². The Balaban J connectivity index is 1.51. The van der Waals surface area contributed by atoms with Gasteiger partial charge in [0.2, 0.25) is 0 Å². The zero-order valence-corrected chi connectivity index (χ0v) is 16.8. The lowest BCUT2D eigenvalue weighted by Crippen LogP contribution is -2.13. The third-order valence-electron chi connectivity index (χ3n) is 4.56. The molecule has 1 heterocycles. The van der Waals surface area contributed by atoms with Crippen LogP contribution < -0.4 is 14.2 Å². The van der Waals surface area contributed by atoms with Crippen LogP contribution in [0, 0.1) is 0 Å². The Bertz CT molecular complexity index is 1090. The minimum Gasteiger partial charge on any atom is -0.493 e. The van der Waals surface area contributed by atoms with Gasteiger partial charge in [0, 0.05) is 5.02 Å². The molecule has 0 aliphatic heterocycles. The molecular formula is C23H21ClN2O3. The first-order valence-corrected chi connectivity index (χ1v) is 9.71. The van der Waals surface area contributed by atoms with Gasteiger partial charge in [-0.15, -0.1) is 0 Å². The third-order valence-corrected chi connectivity index (χ3v) is 4.81. The summed E-state index contributed by atoms with van der Waals surface area (Å²) in [5, 5.41) is 0.689. The molecule has 0 unspecified atom stereocenters. The van der Waals surface area contributed by atoms with Crippen LogP contribution in [0.1, 0.15) is 5.82 Å². The molecule has 0 fully saturated rings. The van der Waals surface area contributed by atoms with E-state index in [-0.39, 0.29) is 0 Å². The monoisotopic (exact) mass is 408 g/mol. The van der Waals surface area contributed by atoms with Crippen molar-refractivity contribution in [2.24, 2.45) is 0 Å². The van der Waals surface area contributed by atoms with Crippen molar-refractivity contribution < 1.29 is 14.2 Å². The summed E-state index contributed by atoms with van der Waals surface area (Å²) in [6, 6.07) is 23.0. The summed E-state index contributed by atoms with van der Waals surface area (Å²) >= 11 is 5.93. The van der Waals surface area contributed by atoms with Gasteiger partial charge in [0.05, 0.1) is 24.7 Å². The summed E-state index contributed by atoms with van der Waals surface area (Å²) in [5.41, 5.74) is 1.98. The largest absolute Gasteiger partial charge is 0.493 e. The Kier molecular flexibility index (Phi) is 5.86. The zero-order chi connectivity index (χ0) is 20.1.